The van der Waals surface area contributed by atoms with Gasteiger partial charge in [-0.05, 0) is 37.7 Å². The summed E-state index contributed by atoms with van der Waals surface area (Å²) in [7, 11) is 1.69. The van der Waals surface area contributed by atoms with E-state index in [0.717, 1.165) is 31.4 Å². The maximum absolute atomic E-state index is 13.4. The lowest BCUT2D eigenvalue weighted by molar-refractivity contribution is 0.0732. The minimum atomic E-state index is -0.627. The fourth-order valence-electron chi connectivity index (χ4n) is 2.57. The lowest BCUT2D eigenvalue weighted by atomic mass is 10.1. The number of hydrogen-bond donors (Lipinski definition) is 1. The molecule has 1 aliphatic carbocycles. The molecular weight excluding hydrogens is 301 g/mol. The predicted octanol–water partition coefficient (Wildman–Crippen LogP) is 3.54. The molecule has 2 rings (SSSR count). The molecule has 0 radical (unpaired) electrons. The molecule has 1 N–H and O–H groups in total. The Kier molecular flexibility index (Phi) is 4.81. The number of carbonyl (C=O) groups excluding carboxylic acids is 1. The molecule has 0 aromatic heterocycles. The smallest absolute Gasteiger partial charge is 0.257 e. The van der Waals surface area contributed by atoms with Crippen LogP contribution in [-0.2, 0) is 0 Å². The number of rotatable bonds is 3. The molecule has 6 heteroatoms. The summed E-state index contributed by atoms with van der Waals surface area (Å²) in [6, 6.07) is 2.15. The number of aromatic hydroxyl groups is 1. The third-order valence-corrected chi connectivity index (χ3v) is 5.20. The molecule has 20 heavy (non-hydrogen) atoms. The van der Waals surface area contributed by atoms with E-state index in [-0.39, 0.29) is 22.4 Å². The topological polar surface area (TPSA) is 40.5 Å². The Morgan fingerprint density at radius 1 is 1.50 bits per heavy atom. The lowest BCUT2D eigenvalue weighted by Gasteiger charge is -2.25. The highest BCUT2D eigenvalue weighted by atomic mass is 35.5. The average Bonchev–Trinajstić information content (AvgIpc) is 2.90. The van der Waals surface area contributed by atoms with Gasteiger partial charge in [0.25, 0.3) is 5.91 Å². The highest BCUT2D eigenvalue weighted by molar-refractivity contribution is 7.99. The Hall–Kier alpha value is -0.940. The van der Waals surface area contributed by atoms with E-state index in [2.05, 4.69) is 6.26 Å². The maximum atomic E-state index is 13.4. The van der Waals surface area contributed by atoms with Crippen molar-refractivity contribution in [2.45, 2.75) is 30.6 Å². The Morgan fingerprint density at radius 3 is 2.80 bits per heavy atom. The van der Waals surface area contributed by atoms with Crippen molar-refractivity contribution in [3.8, 4) is 5.75 Å². The van der Waals surface area contributed by atoms with Crippen LogP contribution in [0.2, 0.25) is 5.02 Å². The molecule has 0 saturated heterocycles. The Morgan fingerprint density at radius 2 is 2.20 bits per heavy atom. The van der Waals surface area contributed by atoms with Crippen molar-refractivity contribution in [2.24, 2.45) is 0 Å². The van der Waals surface area contributed by atoms with E-state index in [0.29, 0.717) is 5.25 Å². The van der Waals surface area contributed by atoms with E-state index in [1.165, 1.54) is 0 Å². The predicted molar refractivity (Wildman–Crippen MR) is 80.1 cm³/mol. The van der Waals surface area contributed by atoms with E-state index < -0.39 is 11.7 Å². The second-order valence-corrected chi connectivity index (χ2v) is 6.57. The quantitative estimate of drug-likeness (QED) is 0.927. The lowest BCUT2D eigenvalue weighted by Crippen LogP contribution is -2.35. The van der Waals surface area contributed by atoms with Crippen molar-refractivity contribution in [2.75, 3.05) is 13.3 Å². The van der Waals surface area contributed by atoms with Gasteiger partial charge in [0.05, 0.1) is 10.6 Å². The Balaban J connectivity index is 2.19. The highest BCUT2D eigenvalue weighted by Crippen LogP contribution is 2.34. The summed E-state index contributed by atoms with van der Waals surface area (Å²) >= 11 is 7.51. The molecule has 2 atom stereocenters. The monoisotopic (exact) mass is 317 g/mol. The van der Waals surface area contributed by atoms with Crippen molar-refractivity contribution in [3.05, 3.63) is 28.5 Å². The molecule has 0 bridgehead atoms. The number of thioether (sulfide) groups is 1. The normalized spacial score (nSPS) is 22.0. The van der Waals surface area contributed by atoms with Crippen molar-refractivity contribution < 1.29 is 14.3 Å². The van der Waals surface area contributed by atoms with Gasteiger partial charge in [-0.25, -0.2) is 4.39 Å². The van der Waals surface area contributed by atoms with Crippen LogP contribution in [0.15, 0.2) is 12.1 Å². The first-order chi connectivity index (χ1) is 9.43. The van der Waals surface area contributed by atoms with Gasteiger partial charge in [0.15, 0.2) is 0 Å². The standard InChI is InChI=1S/C14H17ClFNO2S/c1-17(9-3-4-10(7-9)20-2)14(19)11-5-8(16)6-12(15)13(11)18/h5-6,9-10,18H,3-4,7H2,1-2H3. The molecular formula is C14H17ClFNO2S. The summed E-state index contributed by atoms with van der Waals surface area (Å²) in [6.07, 6.45) is 4.98. The van der Waals surface area contributed by atoms with E-state index >= 15 is 0 Å². The second kappa shape index (κ2) is 6.22. The van der Waals surface area contributed by atoms with Gasteiger partial charge in [0.1, 0.15) is 11.6 Å². The molecule has 3 nitrogen and oxygen atoms in total. The van der Waals surface area contributed by atoms with Gasteiger partial charge in [0, 0.05) is 18.3 Å². The van der Waals surface area contributed by atoms with Gasteiger partial charge >= 0.3 is 0 Å². The van der Waals surface area contributed by atoms with Crippen LogP contribution in [0.4, 0.5) is 4.39 Å². The molecule has 1 fully saturated rings. The fourth-order valence-corrected chi connectivity index (χ4v) is 3.56. The van der Waals surface area contributed by atoms with Crippen LogP contribution in [0.5, 0.6) is 5.75 Å². The first-order valence-corrected chi connectivity index (χ1v) is 8.08. The molecule has 0 heterocycles. The largest absolute Gasteiger partial charge is 0.506 e. The molecule has 2 unspecified atom stereocenters. The van der Waals surface area contributed by atoms with Gasteiger partial charge in [0.2, 0.25) is 0 Å². The summed E-state index contributed by atoms with van der Waals surface area (Å²) in [6.45, 7) is 0. The number of halogens is 2. The van der Waals surface area contributed by atoms with E-state index in [4.69, 9.17) is 11.6 Å². The zero-order valence-electron chi connectivity index (χ0n) is 11.4. The van der Waals surface area contributed by atoms with E-state index in [9.17, 15) is 14.3 Å². The minimum absolute atomic E-state index is 0.0786. The Bertz CT molecular complexity index is 526. The zero-order chi connectivity index (χ0) is 14.9. The molecule has 1 saturated carbocycles. The van der Waals surface area contributed by atoms with Crippen molar-refractivity contribution in [1.29, 1.82) is 0 Å². The van der Waals surface area contributed by atoms with Crippen LogP contribution in [0.3, 0.4) is 0 Å². The highest BCUT2D eigenvalue weighted by Gasteiger charge is 2.31. The van der Waals surface area contributed by atoms with Crippen LogP contribution in [-0.4, -0.2) is 40.5 Å². The molecule has 1 amide bonds. The van der Waals surface area contributed by atoms with Gasteiger partial charge < -0.3 is 10.0 Å². The number of phenolic OH excluding ortho intramolecular Hbond substituents is 1. The number of phenols is 1. The molecule has 0 aliphatic heterocycles. The van der Waals surface area contributed by atoms with Crippen molar-refractivity contribution in [1.82, 2.24) is 4.90 Å². The first kappa shape index (κ1) is 15.4. The number of benzene rings is 1. The van der Waals surface area contributed by atoms with E-state index in [1.54, 1.807) is 23.7 Å². The summed E-state index contributed by atoms with van der Waals surface area (Å²) in [5, 5.41) is 10.2. The van der Waals surface area contributed by atoms with Crippen LogP contribution in [0.25, 0.3) is 0 Å². The summed E-state index contributed by atoms with van der Waals surface area (Å²) in [4.78, 5) is 14.0. The van der Waals surface area contributed by atoms with E-state index in [1.807, 2.05) is 0 Å². The average molecular weight is 318 g/mol. The van der Waals surface area contributed by atoms with Crippen LogP contribution < -0.4 is 0 Å². The summed E-state index contributed by atoms with van der Waals surface area (Å²) < 4.78 is 13.4. The summed E-state index contributed by atoms with van der Waals surface area (Å²) in [5.41, 5.74) is -0.0786. The number of amides is 1. The van der Waals surface area contributed by atoms with Gasteiger partial charge in [-0.2, -0.15) is 11.8 Å². The molecule has 0 spiro atoms. The Labute approximate surface area is 127 Å². The van der Waals surface area contributed by atoms with Crippen LogP contribution in [0, 0.1) is 5.82 Å². The van der Waals surface area contributed by atoms with Gasteiger partial charge in [-0.15, -0.1) is 0 Å². The first-order valence-electron chi connectivity index (χ1n) is 6.42. The van der Waals surface area contributed by atoms with Crippen molar-refractivity contribution >= 4 is 29.3 Å². The van der Waals surface area contributed by atoms with Crippen LogP contribution in [0.1, 0.15) is 29.6 Å². The number of hydrogen-bond acceptors (Lipinski definition) is 3. The zero-order valence-corrected chi connectivity index (χ0v) is 13.0. The number of carbonyl (C=O) groups is 1. The molecule has 1 aliphatic rings. The number of nitrogens with zero attached hydrogens (tertiary/aromatic N) is 1. The maximum Gasteiger partial charge on any atom is 0.257 e. The van der Waals surface area contributed by atoms with Gasteiger partial charge in [-0.1, -0.05) is 11.6 Å². The minimum Gasteiger partial charge on any atom is -0.506 e. The SMILES string of the molecule is CSC1CCC(N(C)C(=O)c2cc(F)cc(Cl)c2O)C1. The molecule has 1 aromatic carbocycles. The molecule has 1 aromatic rings. The summed E-state index contributed by atoms with van der Waals surface area (Å²) in [5.74, 6) is -1.38. The van der Waals surface area contributed by atoms with Gasteiger partial charge in [-0.3, -0.25) is 4.79 Å². The van der Waals surface area contributed by atoms with Crippen molar-refractivity contribution in [3.63, 3.8) is 0 Å². The van der Waals surface area contributed by atoms with Crippen LogP contribution >= 0.6 is 23.4 Å². The fraction of sp³-hybridized carbons (Fsp3) is 0.500. The third kappa shape index (κ3) is 3.04. The second-order valence-electron chi connectivity index (χ2n) is 5.02. The molecule has 110 valence electrons. The third-order valence-electron chi connectivity index (χ3n) is 3.82.